The van der Waals surface area contributed by atoms with Crippen LogP contribution in [0.2, 0.25) is 0 Å². The van der Waals surface area contributed by atoms with Crippen LogP contribution in [0.1, 0.15) is 30.6 Å². The summed E-state index contributed by atoms with van der Waals surface area (Å²) in [4.78, 5) is 27.8. The van der Waals surface area contributed by atoms with Gasteiger partial charge in [-0.1, -0.05) is 15.9 Å². The Morgan fingerprint density at radius 1 is 1.29 bits per heavy atom. The molecule has 114 valence electrons. The number of benzene rings is 1. The Balaban J connectivity index is 2.12. The molecule has 0 N–H and O–H groups in total. The van der Waals surface area contributed by atoms with Crippen LogP contribution in [0, 0.1) is 5.92 Å². The molecule has 2 amide bonds. The molecule has 1 aliphatic heterocycles. The van der Waals surface area contributed by atoms with E-state index in [4.69, 9.17) is 0 Å². The zero-order valence-corrected chi connectivity index (χ0v) is 14.1. The Morgan fingerprint density at radius 2 is 1.90 bits per heavy atom. The summed E-state index contributed by atoms with van der Waals surface area (Å²) in [5.74, 6) is 0.564. The minimum absolute atomic E-state index is 0.0395. The predicted octanol–water partition coefficient (Wildman–Crippen LogP) is 2.92. The first-order chi connectivity index (χ1) is 10.1. The van der Waals surface area contributed by atoms with E-state index in [1.807, 2.05) is 38.1 Å². The van der Waals surface area contributed by atoms with Crippen molar-refractivity contribution in [1.82, 2.24) is 4.90 Å². The normalized spacial score (nSPS) is 18.1. The summed E-state index contributed by atoms with van der Waals surface area (Å²) in [6, 6.07) is 7.35. The zero-order chi connectivity index (χ0) is 15.4. The van der Waals surface area contributed by atoms with Gasteiger partial charge in [-0.3, -0.25) is 9.59 Å². The van der Waals surface area contributed by atoms with Gasteiger partial charge >= 0.3 is 0 Å². The van der Waals surface area contributed by atoms with E-state index in [2.05, 4.69) is 15.9 Å². The fourth-order valence-electron chi connectivity index (χ4n) is 2.61. The Morgan fingerprint density at radius 3 is 2.38 bits per heavy atom. The molecule has 1 unspecified atom stereocenters. The number of rotatable bonds is 5. The Bertz CT molecular complexity index is 512. The number of alkyl halides is 1. The van der Waals surface area contributed by atoms with Crippen molar-refractivity contribution in [2.75, 3.05) is 29.9 Å². The van der Waals surface area contributed by atoms with Gasteiger partial charge < -0.3 is 9.80 Å². The van der Waals surface area contributed by atoms with Gasteiger partial charge in [-0.25, -0.2) is 0 Å². The lowest BCUT2D eigenvalue weighted by molar-refractivity contribution is -0.117. The average Bonchev–Trinajstić information content (AvgIpc) is 2.89. The number of carbonyl (C=O) groups excluding carboxylic acids is 2. The molecule has 1 saturated heterocycles. The lowest BCUT2D eigenvalue weighted by Gasteiger charge is -2.20. The van der Waals surface area contributed by atoms with Gasteiger partial charge in [0.1, 0.15) is 0 Å². The Labute approximate surface area is 134 Å². The molecule has 0 aliphatic carbocycles. The number of nitrogens with zero attached hydrogens (tertiary/aromatic N) is 2. The quantitative estimate of drug-likeness (QED) is 0.764. The summed E-state index contributed by atoms with van der Waals surface area (Å²) < 4.78 is 0. The maximum atomic E-state index is 12.2. The highest BCUT2D eigenvalue weighted by molar-refractivity contribution is 9.09. The third kappa shape index (κ3) is 3.46. The van der Waals surface area contributed by atoms with Gasteiger partial charge in [-0.2, -0.15) is 0 Å². The van der Waals surface area contributed by atoms with Crippen molar-refractivity contribution in [3.05, 3.63) is 29.8 Å². The minimum Gasteiger partial charge on any atom is -0.339 e. The average molecular weight is 353 g/mol. The second kappa shape index (κ2) is 7.07. The van der Waals surface area contributed by atoms with Crippen LogP contribution in [0.3, 0.4) is 0 Å². The van der Waals surface area contributed by atoms with Crippen molar-refractivity contribution in [2.45, 2.75) is 20.3 Å². The fourth-order valence-corrected chi connectivity index (χ4v) is 3.05. The number of carbonyl (C=O) groups is 2. The van der Waals surface area contributed by atoms with Gasteiger partial charge in [0.2, 0.25) is 5.91 Å². The SMILES string of the molecule is CCN(CC)C(=O)c1ccc(N2CC(CBr)CC2=O)cc1. The van der Waals surface area contributed by atoms with Crippen LogP contribution >= 0.6 is 15.9 Å². The molecule has 4 nitrogen and oxygen atoms in total. The van der Waals surface area contributed by atoms with E-state index in [1.165, 1.54) is 0 Å². The summed E-state index contributed by atoms with van der Waals surface area (Å²) in [6.07, 6.45) is 0.589. The van der Waals surface area contributed by atoms with Crippen LogP contribution in [-0.2, 0) is 4.79 Å². The van der Waals surface area contributed by atoms with E-state index in [9.17, 15) is 9.59 Å². The van der Waals surface area contributed by atoms with E-state index >= 15 is 0 Å². The van der Waals surface area contributed by atoms with E-state index < -0.39 is 0 Å². The summed E-state index contributed by atoms with van der Waals surface area (Å²) in [5.41, 5.74) is 1.55. The number of halogens is 1. The van der Waals surface area contributed by atoms with Crippen LogP contribution in [0.4, 0.5) is 5.69 Å². The van der Waals surface area contributed by atoms with Crippen LogP contribution in [-0.4, -0.2) is 41.7 Å². The minimum atomic E-state index is 0.0395. The topological polar surface area (TPSA) is 40.6 Å². The smallest absolute Gasteiger partial charge is 0.253 e. The predicted molar refractivity (Wildman–Crippen MR) is 87.9 cm³/mol. The standard InChI is InChI=1S/C16H21BrN2O2/c1-3-18(4-2)16(21)13-5-7-14(8-6-13)19-11-12(10-17)9-15(19)20/h5-8,12H,3-4,9-11H2,1-2H3. The van der Waals surface area contributed by atoms with Crippen molar-refractivity contribution >= 4 is 33.4 Å². The van der Waals surface area contributed by atoms with Gasteiger partial charge in [0, 0.05) is 42.6 Å². The summed E-state index contributed by atoms with van der Waals surface area (Å²) in [5, 5.41) is 0.841. The molecule has 0 bridgehead atoms. The van der Waals surface area contributed by atoms with Crippen molar-refractivity contribution in [3.8, 4) is 0 Å². The molecule has 5 heteroatoms. The van der Waals surface area contributed by atoms with Gasteiger partial charge in [0.25, 0.3) is 5.91 Å². The molecule has 1 heterocycles. The van der Waals surface area contributed by atoms with Crippen LogP contribution in [0.5, 0.6) is 0 Å². The van der Waals surface area contributed by atoms with Crippen LogP contribution < -0.4 is 4.90 Å². The fraction of sp³-hybridized carbons (Fsp3) is 0.500. The zero-order valence-electron chi connectivity index (χ0n) is 12.5. The van der Waals surface area contributed by atoms with Gasteiger partial charge in [0.05, 0.1) is 0 Å². The first kappa shape index (κ1) is 16.0. The number of hydrogen-bond donors (Lipinski definition) is 0. The third-order valence-corrected chi connectivity index (χ3v) is 4.82. The second-order valence-corrected chi connectivity index (χ2v) is 5.90. The molecule has 2 rings (SSSR count). The number of anilines is 1. The maximum absolute atomic E-state index is 12.2. The van der Waals surface area contributed by atoms with Crippen LogP contribution in [0.15, 0.2) is 24.3 Å². The Hall–Kier alpha value is -1.36. The van der Waals surface area contributed by atoms with Gasteiger partial charge in [-0.15, -0.1) is 0 Å². The second-order valence-electron chi connectivity index (χ2n) is 5.25. The van der Waals surface area contributed by atoms with E-state index in [1.54, 1.807) is 9.80 Å². The van der Waals surface area contributed by atoms with Crippen molar-refractivity contribution < 1.29 is 9.59 Å². The summed E-state index contributed by atoms with van der Waals surface area (Å²) >= 11 is 3.44. The highest BCUT2D eigenvalue weighted by atomic mass is 79.9. The largest absolute Gasteiger partial charge is 0.339 e. The summed E-state index contributed by atoms with van der Waals surface area (Å²) in [7, 11) is 0. The molecule has 0 radical (unpaired) electrons. The monoisotopic (exact) mass is 352 g/mol. The van der Waals surface area contributed by atoms with Gasteiger partial charge in [-0.05, 0) is 44.0 Å². The highest BCUT2D eigenvalue weighted by Crippen LogP contribution is 2.26. The first-order valence-corrected chi connectivity index (χ1v) is 8.48. The Kier molecular flexibility index (Phi) is 5.39. The molecule has 1 aliphatic rings. The molecule has 1 fully saturated rings. The molecular weight excluding hydrogens is 332 g/mol. The number of amides is 2. The molecule has 0 spiro atoms. The molecule has 21 heavy (non-hydrogen) atoms. The maximum Gasteiger partial charge on any atom is 0.253 e. The molecule has 1 aromatic carbocycles. The van der Waals surface area contributed by atoms with Crippen molar-refractivity contribution in [2.24, 2.45) is 5.92 Å². The molecular formula is C16H21BrN2O2. The van der Waals surface area contributed by atoms with Crippen molar-refractivity contribution in [3.63, 3.8) is 0 Å². The van der Waals surface area contributed by atoms with Crippen molar-refractivity contribution in [1.29, 1.82) is 0 Å². The molecule has 0 saturated carbocycles. The van der Waals surface area contributed by atoms with E-state index in [0.717, 1.165) is 17.6 Å². The first-order valence-electron chi connectivity index (χ1n) is 7.36. The molecule has 0 aromatic heterocycles. The lowest BCUT2D eigenvalue weighted by Crippen LogP contribution is -2.30. The summed E-state index contributed by atoms with van der Waals surface area (Å²) in [6.45, 7) is 6.09. The molecule has 1 atom stereocenters. The van der Waals surface area contributed by atoms with E-state index in [-0.39, 0.29) is 11.8 Å². The van der Waals surface area contributed by atoms with E-state index in [0.29, 0.717) is 31.0 Å². The molecule has 1 aromatic rings. The van der Waals surface area contributed by atoms with Crippen LogP contribution in [0.25, 0.3) is 0 Å². The van der Waals surface area contributed by atoms with Gasteiger partial charge in [0.15, 0.2) is 0 Å². The lowest BCUT2D eigenvalue weighted by atomic mass is 10.1. The third-order valence-electron chi connectivity index (χ3n) is 3.90. The highest BCUT2D eigenvalue weighted by Gasteiger charge is 2.29. The number of hydrogen-bond acceptors (Lipinski definition) is 2.